The number of aryl methyl sites for hydroxylation is 1. The van der Waals surface area contributed by atoms with Crippen LogP contribution in [0.4, 0.5) is 5.69 Å². The molecule has 0 unspecified atom stereocenters. The molecule has 0 fully saturated rings. The zero-order chi connectivity index (χ0) is 13.7. The van der Waals surface area contributed by atoms with Crippen molar-refractivity contribution in [1.82, 2.24) is 20.3 Å². The van der Waals surface area contributed by atoms with Crippen LogP contribution in [0.25, 0.3) is 0 Å². The minimum Gasteiger partial charge on any atom is -0.398 e. The molecule has 0 radical (unpaired) electrons. The fourth-order valence-corrected chi connectivity index (χ4v) is 1.98. The Hall–Kier alpha value is -1.89. The van der Waals surface area contributed by atoms with Gasteiger partial charge in [0, 0.05) is 29.4 Å². The third-order valence-corrected chi connectivity index (χ3v) is 3.07. The molecule has 100 valence electrons. The summed E-state index contributed by atoms with van der Waals surface area (Å²) in [7, 11) is 0. The van der Waals surface area contributed by atoms with Gasteiger partial charge in [-0.05, 0) is 24.6 Å². The number of anilines is 1. The number of carbonyl (C=O) groups excluding carboxylic acids is 1. The van der Waals surface area contributed by atoms with Crippen molar-refractivity contribution in [2.75, 3.05) is 12.3 Å². The second-order valence-electron chi connectivity index (χ2n) is 4.01. The van der Waals surface area contributed by atoms with Crippen LogP contribution < -0.4 is 11.1 Å². The van der Waals surface area contributed by atoms with Crippen molar-refractivity contribution in [3.8, 4) is 0 Å². The molecule has 19 heavy (non-hydrogen) atoms. The smallest absolute Gasteiger partial charge is 0.253 e. The normalized spacial score (nSPS) is 10.4. The van der Waals surface area contributed by atoms with Crippen LogP contribution in [-0.4, -0.2) is 27.4 Å². The second kappa shape index (κ2) is 6.33. The lowest BCUT2D eigenvalue weighted by Crippen LogP contribution is -2.26. The highest BCUT2D eigenvalue weighted by Gasteiger charge is 2.09. The Morgan fingerprint density at radius 2 is 2.32 bits per heavy atom. The van der Waals surface area contributed by atoms with E-state index in [4.69, 9.17) is 5.73 Å². The van der Waals surface area contributed by atoms with E-state index in [-0.39, 0.29) is 5.91 Å². The number of nitrogens with zero attached hydrogens (tertiary/aromatic N) is 3. The van der Waals surface area contributed by atoms with E-state index in [9.17, 15) is 4.79 Å². The number of amides is 1. The Labute approximate surface area is 119 Å². The van der Waals surface area contributed by atoms with Gasteiger partial charge in [-0.2, -0.15) is 0 Å². The number of nitrogens with one attached hydrogen (secondary N) is 1. The van der Waals surface area contributed by atoms with E-state index in [2.05, 4.69) is 31.6 Å². The molecule has 1 amide bonds. The SMILES string of the molecule is Nc1ccc(Br)cc1C(=O)NCCCn1ccnn1. The van der Waals surface area contributed by atoms with Crippen LogP contribution in [0.3, 0.4) is 0 Å². The first kappa shape index (κ1) is 13.5. The van der Waals surface area contributed by atoms with Gasteiger partial charge >= 0.3 is 0 Å². The molecule has 0 saturated carbocycles. The third-order valence-electron chi connectivity index (χ3n) is 2.58. The average molecular weight is 324 g/mol. The monoisotopic (exact) mass is 323 g/mol. The maximum absolute atomic E-state index is 11.9. The van der Waals surface area contributed by atoms with Crippen molar-refractivity contribution >= 4 is 27.5 Å². The van der Waals surface area contributed by atoms with Crippen molar-refractivity contribution < 1.29 is 4.79 Å². The van der Waals surface area contributed by atoms with E-state index in [0.29, 0.717) is 24.3 Å². The summed E-state index contributed by atoms with van der Waals surface area (Å²) in [5.74, 6) is -0.169. The lowest BCUT2D eigenvalue weighted by molar-refractivity contribution is 0.0953. The molecule has 6 nitrogen and oxygen atoms in total. The second-order valence-corrected chi connectivity index (χ2v) is 4.92. The van der Waals surface area contributed by atoms with Gasteiger partial charge in [0.25, 0.3) is 5.91 Å². The van der Waals surface area contributed by atoms with Gasteiger partial charge in [0.15, 0.2) is 0 Å². The Kier molecular flexibility index (Phi) is 4.51. The lowest BCUT2D eigenvalue weighted by atomic mass is 10.1. The molecule has 3 N–H and O–H groups in total. The highest BCUT2D eigenvalue weighted by atomic mass is 79.9. The average Bonchev–Trinajstić information content (AvgIpc) is 2.90. The summed E-state index contributed by atoms with van der Waals surface area (Å²) in [6.07, 6.45) is 4.19. The Morgan fingerprint density at radius 1 is 1.47 bits per heavy atom. The minimum atomic E-state index is -0.169. The van der Waals surface area contributed by atoms with Gasteiger partial charge < -0.3 is 11.1 Å². The number of nitrogens with two attached hydrogens (primary N) is 1. The maximum atomic E-state index is 11.9. The molecule has 0 saturated heterocycles. The van der Waals surface area contributed by atoms with Crippen molar-refractivity contribution in [2.24, 2.45) is 0 Å². The molecule has 0 aliphatic carbocycles. The molecule has 0 atom stereocenters. The zero-order valence-corrected chi connectivity index (χ0v) is 11.8. The highest BCUT2D eigenvalue weighted by molar-refractivity contribution is 9.10. The van der Waals surface area contributed by atoms with Crippen molar-refractivity contribution in [3.63, 3.8) is 0 Å². The van der Waals surface area contributed by atoms with Gasteiger partial charge in [-0.25, -0.2) is 0 Å². The summed E-state index contributed by atoms with van der Waals surface area (Å²) >= 11 is 3.32. The summed E-state index contributed by atoms with van der Waals surface area (Å²) in [4.78, 5) is 11.9. The molecule has 2 rings (SSSR count). The number of halogens is 1. The van der Waals surface area contributed by atoms with E-state index >= 15 is 0 Å². The number of benzene rings is 1. The van der Waals surface area contributed by atoms with Crippen LogP contribution in [0.2, 0.25) is 0 Å². The first-order valence-electron chi connectivity index (χ1n) is 5.84. The quantitative estimate of drug-likeness (QED) is 0.644. The van der Waals surface area contributed by atoms with Crippen LogP contribution >= 0.6 is 15.9 Å². The summed E-state index contributed by atoms with van der Waals surface area (Å²) < 4.78 is 2.55. The van der Waals surface area contributed by atoms with Gasteiger partial charge in [-0.15, -0.1) is 5.10 Å². The summed E-state index contributed by atoms with van der Waals surface area (Å²) in [6, 6.07) is 5.22. The van der Waals surface area contributed by atoms with Gasteiger partial charge in [0.1, 0.15) is 0 Å². The maximum Gasteiger partial charge on any atom is 0.253 e. The van der Waals surface area contributed by atoms with Crippen LogP contribution in [0, 0.1) is 0 Å². The van der Waals surface area contributed by atoms with Gasteiger partial charge in [-0.1, -0.05) is 21.1 Å². The fraction of sp³-hybridized carbons (Fsp3) is 0.250. The summed E-state index contributed by atoms with van der Waals surface area (Å²) in [5.41, 5.74) is 6.72. The zero-order valence-electron chi connectivity index (χ0n) is 10.2. The topological polar surface area (TPSA) is 85.8 Å². The van der Waals surface area contributed by atoms with Gasteiger partial charge in [-0.3, -0.25) is 9.48 Å². The van der Waals surface area contributed by atoms with Crippen LogP contribution in [0.1, 0.15) is 16.8 Å². The first-order valence-corrected chi connectivity index (χ1v) is 6.63. The van der Waals surface area contributed by atoms with Crippen molar-refractivity contribution in [1.29, 1.82) is 0 Å². The molecule has 1 aromatic heterocycles. The standard InChI is InChI=1S/C12H14BrN5O/c13-9-2-3-11(14)10(8-9)12(19)15-4-1-6-18-7-5-16-17-18/h2-3,5,7-8H,1,4,6,14H2,(H,15,19). The Balaban J connectivity index is 1.82. The van der Waals surface area contributed by atoms with Gasteiger partial charge in [0.2, 0.25) is 0 Å². The number of aromatic nitrogens is 3. The molecular weight excluding hydrogens is 310 g/mol. The molecule has 7 heteroatoms. The molecule has 1 aromatic carbocycles. The number of nitrogen functional groups attached to an aromatic ring is 1. The molecule has 1 heterocycles. The number of rotatable bonds is 5. The summed E-state index contributed by atoms with van der Waals surface area (Å²) in [6.45, 7) is 1.28. The third kappa shape index (κ3) is 3.78. The van der Waals surface area contributed by atoms with E-state index in [1.165, 1.54) is 0 Å². The van der Waals surface area contributed by atoms with E-state index in [1.807, 2.05) is 0 Å². The highest BCUT2D eigenvalue weighted by Crippen LogP contribution is 2.18. The van der Waals surface area contributed by atoms with Gasteiger partial charge in [0.05, 0.1) is 11.8 Å². The Morgan fingerprint density at radius 3 is 3.05 bits per heavy atom. The molecule has 0 aliphatic heterocycles. The largest absolute Gasteiger partial charge is 0.398 e. The van der Waals surface area contributed by atoms with E-state index < -0.39 is 0 Å². The predicted molar refractivity (Wildman–Crippen MR) is 75.5 cm³/mol. The number of carbonyl (C=O) groups is 1. The minimum absolute atomic E-state index is 0.169. The van der Waals surface area contributed by atoms with Crippen molar-refractivity contribution in [2.45, 2.75) is 13.0 Å². The molecule has 0 bridgehead atoms. The molecular formula is C12H14BrN5O. The van der Waals surface area contributed by atoms with Crippen LogP contribution in [0.5, 0.6) is 0 Å². The van der Waals surface area contributed by atoms with Crippen LogP contribution in [0.15, 0.2) is 35.1 Å². The predicted octanol–water partition coefficient (Wildman–Crippen LogP) is 1.44. The number of hydrogen-bond acceptors (Lipinski definition) is 4. The molecule has 0 aliphatic rings. The molecule has 0 spiro atoms. The van der Waals surface area contributed by atoms with Crippen molar-refractivity contribution in [3.05, 3.63) is 40.6 Å². The van der Waals surface area contributed by atoms with E-state index in [1.54, 1.807) is 35.3 Å². The van der Waals surface area contributed by atoms with Crippen LogP contribution in [-0.2, 0) is 6.54 Å². The first-order chi connectivity index (χ1) is 9.16. The Bertz CT molecular complexity index is 555. The lowest BCUT2D eigenvalue weighted by Gasteiger charge is -2.08. The molecule has 2 aromatic rings. The fourth-order valence-electron chi connectivity index (χ4n) is 1.62. The summed E-state index contributed by atoms with van der Waals surface area (Å²) in [5, 5.41) is 10.4. The number of hydrogen-bond donors (Lipinski definition) is 2. The van der Waals surface area contributed by atoms with E-state index in [0.717, 1.165) is 10.9 Å².